The number of sulfonamides is 1. The number of likely N-dealkylation sites (N-methyl/N-ethyl adjacent to an activating group) is 1. The summed E-state index contributed by atoms with van der Waals surface area (Å²) >= 11 is 1.30. The van der Waals surface area contributed by atoms with Crippen LogP contribution in [0.3, 0.4) is 0 Å². The lowest BCUT2D eigenvalue weighted by atomic mass is 10.0. The Kier molecular flexibility index (Phi) is 6.60. The summed E-state index contributed by atoms with van der Waals surface area (Å²) in [6.45, 7) is 8.96. The van der Waals surface area contributed by atoms with E-state index in [1.807, 2.05) is 12.5 Å². The Morgan fingerprint density at radius 3 is 2.32 bits per heavy atom. The van der Waals surface area contributed by atoms with Crippen LogP contribution >= 0.6 is 11.3 Å². The van der Waals surface area contributed by atoms with Crippen LogP contribution < -0.4 is 4.90 Å². The van der Waals surface area contributed by atoms with E-state index >= 15 is 0 Å². The highest BCUT2D eigenvalue weighted by atomic mass is 32.2. The number of aromatic nitrogens is 3. The van der Waals surface area contributed by atoms with Crippen LogP contribution in [0.1, 0.15) is 29.7 Å². The number of piperazine rings is 2. The average Bonchev–Trinajstić information content (AvgIpc) is 3.30. The van der Waals surface area contributed by atoms with Gasteiger partial charge in [-0.05, 0) is 32.4 Å². The summed E-state index contributed by atoms with van der Waals surface area (Å²) in [6.07, 6.45) is 7.71. The molecule has 2 aromatic heterocycles. The molecule has 0 radical (unpaired) electrons. The fourth-order valence-electron chi connectivity index (χ4n) is 5.47. The Balaban J connectivity index is 1.09. The monoisotopic (exact) mass is 541 g/mol. The lowest BCUT2D eigenvalue weighted by Crippen LogP contribution is -2.48. The van der Waals surface area contributed by atoms with Crippen LogP contribution in [0.4, 0.5) is 5.13 Å². The molecule has 9 nitrogen and oxygen atoms in total. The normalized spacial score (nSPS) is 21.4. The van der Waals surface area contributed by atoms with Crippen molar-refractivity contribution in [2.75, 3.05) is 64.3 Å². The number of rotatable bonds is 7. The molecule has 1 aliphatic carbocycles. The molecule has 198 valence electrons. The number of nitrogens with zero attached hydrogens (tertiary/aromatic N) is 7. The van der Waals surface area contributed by atoms with Crippen LogP contribution in [-0.2, 0) is 22.1 Å². The second-order valence-corrected chi connectivity index (χ2v) is 13.8. The second kappa shape index (κ2) is 9.77. The molecular weight excluding hydrogens is 506 g/mol. The van der Waals surface area contributed by atoms with Crippen molar-refractivity contribution in [3.8, 4) is 0 Å². The molecule has 6 rings (SSSR count). The Bertz CT molecular complexity index is 1330. The van der Waals surface area contributed by atoms with Crippen LogP contribution in [0.25, 0.3) is 0 Å². The topological polar surface area (TPSA) is 77.8 Å². The third kappa shape index (κ3) is 4.83. The molecule has 3 aliphatic rings. The predicted octanol–water partition coefficient (Wildman–Crippen LogP) is 2.44. The van der Waals surface area contributed by atoms with Gasteiger partial charge in [0, 0.05) is 65.1 Å². The lowest BCUT2D eigenvalue weighted by molar-refractivity contribution is 0.177. The van der Waals surface area contributed by atoms with Gasteiger partial charge in [0.25, 0.3) is 10.0 Å². The third-order valence-electron chi connectivity index (χ3n) is 8.05. The van der Waals surface area contributed by atoms with Gasteiger partial charge in [-0.15, -0.1) is 0 Å². The molecule has 3 fully saturated rings. The maximum absolute atomic E-state index is 13.4. The standard InChI is InChI=1S/C26H35N7O2S2/c1-21-3-5-22(6-4-21)26(7-8-26)33-20-27-17-23(33)19-30-11-15-32(16-12-30)37(34,35)24-18-28-25(36-24)31-13-9-29(2)10-14-31/h3-6,17-18,20H,7-16,19H2,1-2H3. The summed E-state index contributed by atoms with van der Waals surface area (Å²) < 4.78 is 31.1. The van der Waals surface area contributed by atoms with E-state index in [0.717, 1.165) is 50.7 Å². The zero-order valence-corrected chi connectivity index (χ0v) is 23.2. The molecule has 37 heavy (non-hydrogen) atoms. The zero-order valence-electron chi connectivity index (χ0n) is 21.6. The molecule has 0 amide bonds. The Morgan fingerprint density at radius 1 is 0.946 bits per heavy atom. The molecule has 4 heterocycles. The first-order valence-electron chi connectivity index (χ1n) is 13.1. The number of benzene rings is 1. The van der Waals surface area contributed by atoms with Gasteiger partial charge in [-0.25, -0.2) is 18.4 Å². The van der Waals surface area contributed by atoms with E-state index in [9.17, 15) is 8.42 Å². The summed E-state index contributed by atoms with van der Waals surface area (Å²) in [5.41, 5.74) is 3.81. The van der Waals surface area contributed by atoms with Crippen molar-refractivity contribution in [1.29, 1.82) is 0 Å². The molecule has 0 atom stereocenters. The molecule has 2 saturated heterocycles. The van der Waals surface area contributed by atoms with Crippen molar-refractivity contribution in [3.63, 3.8) is 0 Å². The van der Waals surface area contributed by atoms with Crippen LogP contribution in [0.5, 0.6) is 0 Å². The second-order valence-electron chi connectivity index (χ2n) is 10.6. The minimum atomic E-state index is -3.53. The molecule has 1 aromatic carbocycles. The molecule has 1 saturated carbocycles. The number of anilines is 1. The van der Waals surface area contributed by atoms with Gasteiger partial charge in [-0.1, -0.05) is 41.2 Å². The fraction of sp³-hybridized carbons (Fsp3) is 0.538. The Hall–Kier alpha value is -2.31. The highest BCUT2D eigenvalue weighted by molar-refractivity contribution is 7.91. The Labute approximate surface area is 223 Å². The van der Waals surface area contributed by atoms with Crippen molar-refractivity contribution in [3.05, 3.63) is 59.8 Å². The first kappa shape index (κ1) is 25.0. The summed E-state index contributed by atoms with van der Waals surface area (Å²) in [5, 5.41) is 0.807. The van der Waals surface area contributed by atoms with Gasteiger partial charge < -0.3 is 14.4 Å². The van der Waals surface area contributed by atoms with Crippen molar-refractivity contribution in [1.82, 2.24) is 28.6 Å². The highest BCUT2D eigenvalue weighted by Gasteiger charge is 2.47. The number of aryl methyl sites for hydroxylation is 1. The average molecular weight is 542 g/mol. The largest absolute Gasteiger partial charge is 0.345 e. The van der Waals surface area contributed by atoms with Crippen molar-refractivity contribution >= 4 is 26.5 Å². The summed E-state index contributed by atoms with van der Waals surface area (Å²) in [4.78, 5) is 15.8. The first-order chi connectivity index (χ1) is 17.8. The summed E-state index contributed by atoms with van der Waals surface area (Å²) in [5.74, 6) is 0. The fourth-order valence-corrected chi connectivity index (χ4v) is 8.22. The lowest BCUT2D eigenvalue weighted by Gasteiger charge is -2.34. The maximum atomic E-state index is 13.4. The molecular formula is C26H35N7O2S2. The third-order valence-corrected chi connectivity index (χ3v) is 11.4. The number of hydrogen-bond donors (Lipinski definition) is 0. The van der Waals surface area contributed by atoms with Crippen molar-refractivity contribution in [2.24, 2.45) is 0 Å². The maximum Gasteiger partial charge on any atom is 0.254 e. The smallest absolute Gasteiger partial charge is 0.254 e. The van der Waals surface area contributed by atoms with Crippen LogP contribution in [0.2, 0.25) is 0 Å². The van der Waals surface area contributed by atoms with E-state index in [4.69, 9.17) is 0 Å². The van der Waals surface area contributed by atoms with E-state index in [1.165, 1.54) is 28.2 Å². The van der Waals surface area contributed by atoms with Gasteiger partial charge >= 0.3 is 0 Å². The van der Waals surface area contributed by atoms with E-state index in [2.05, 4.69) is 67.5 Å². The van der Waals surface area contributed by atoms with Gasteiger partial charge in [0.1, 0.15) is 0 Å². The van der Waals surface area contributed by atoms with Gasteiger partial charge in [0.2, 0.25) is 0 Å². The number of hydrogen-bond acceptors (Lipinski definition) is 8. The number of imidazole rings is 1. The molecule has 0 spiro atoms. The SMILES string of the molecule is Cc1ccc(C2(n3cncc3CN3CCN(S(=O)(=O)c4cnc(N5CCN(C)CC5)s4)CC3)CC2)cc1. The zero-order chi connectivity index (χ0) is 25.6. The van der Waals surface area contributed by atoms with Crippen LogP contribution in [0, 0.1) is 6.92 Å². The quantitative estimate of drug-likeness (QED) is 0.455. The van der Waals surface area contributed by atoms with Gasteiger partial charge in [-0.3, -0.25) is 4.90 Å². The van der Waals surface area contributed by atoms with E-state index in [-0.39, 0.29) is 5.54 Å². The Morgan fingerprint density at radius 2 is 1.65 bits per heavy atom. The minimum Gasteiger partial charge on any atom is -0.345 e. The number of thiazole rings is 1. The van der Waals surface area contributed by atoms with Crippen LogP contribution in [-0.4, -0.2) is 96.5 Å². The predicted molar refractivity (Wildman–Crippen MR) is 146 cm³/mol. The molecule has 0 unspecified atom stereocenters. The van der Waals surface area contributed by atoms with E-state index < -0.39 is 10.0 Å². The van der Waals surface area contributed by atoms with Gasteiger partial charge in [0.05, 0.1) is 23.8 Å². The van der Waals surface area contributed by atoms with Gasteiger partial charge in [0.15, 0.2) is 9.34 Å². The molecule has 11 heteroatoms. The summed E-state index contributed by atoms with van der Waals surface area (Å²) in [7, 11) is -1.42. The van der Waals surface area contributed by atoms with Crippen LogP contribution in [0.15, 0.2) is 47.2 Å². The molecule has 3 aromatic rings. The molecule has 0 N–H and O–H groups in total. The van der Waals surface area contributed by atoms with E-state index in [1.54, 1.807) is 10.5 Å². The van der Waals surface area contributed by atoms with E-state index in [0.29, 0.717) is 30.4 Å². The highest BCUT2D eigenvalue weighted by Crippen LogP contribution is 2.50. The molecule has 2 aliphatic heterocycles. The minimum absolute atomic E-state index is 0.0122. The van der Waals surface area contributed by atoms with Crippen molar-refractivity contribution < 1.29 is 8.42 Å². The summed E-state index contributed by atoms with van der Waals surface area (Å²) in [6, 6.07) is 8.85. The van der Waals surface area contributed by atoms with Crippen molar-refractivity contribution in [2.45, 2.75) is 36.1 Å². The first-order valence-corrected chi connectivity index (χ1v) is 15.3. The van der Waals surface area contributed by atoms with Gasteiger partial charge in [-0.2, -0.15) is 4.31 Å². The molecule has 0 bridgehead atoms.